The minimum Gasteiger partial charge on any atom is -0.493 e. The van der Waals surface area contributed by atoms with E-state index >= 15 is 0 Å². The zero-order valence-electron chi connectivity index (χ0n) is 15.1. The molecule has 3 amide bonds. The average Bonchev–Trinajstić information content (AvgIpc) is 2.89. The molecule has 8 nitrogen and oxygen atoms in total. The molecule has 1 saturated heterocycles. The van der Waals surface area contributed by atoms with Crippen molar-refractivity contribution in [3.8, 4) is 11.5 Å². The van der Waals surface area contributed by atoms with Gasteiger partial charge in [-0.25, -0.2) is 4.79 Å². The Morgan fingerprint density at radius 3 is 2.38 bits per heavy atom. The second-order valence-corrected chi connectivity index (χ2v) is 6.28. The van der Waals surface area contributed by atoms with Crippen LogP contribution in [0.15, 0.2) is 12.1 Å². The molecule has 1 aromatic carbocycles. The van der Waals surface area contributed by atoms with Crippen molar-refractivity contribution in [2.45, 2.75) is 31.8 Å². The van der Waals surface area contributed by atoms with Crippen molar-refractivity contribution >= 4 is 17.9 Å². The molecule has 0 radical (unpaired) electrons. The van der Waals surface area contributed by atoms with Gasteiger partial charge in [-0.3, -0.25) is 14.5 Å². The van der Waals surface area contributed by atoms with Crippen LogP contribution in [0, 0.1) is 0 Å². The lowest BCUT2D eigenvalue weighted by Crippen LogP contribution is -2.40. The van der Waals surface area contributed by atoms with Gasteiger partial charge in [-0.2, -0.15) is 0 Å². The Balaban J connectivity index is 1.77. The Labute approximate surface area is 151 Å². The Kier molecular flexibility index (Phi) is 5.01. The number of benzene rings is 1. The van der Waals surface area contributed by atoms with E-state index in [-0.39, 0.29) is 30.9 Å². The number of carbonyl (C=O) groups is 3. The number of amides is 3. The van der Waals surface area contributed by atoms with Crippen LogP contribution in [-0.2, 0) is 27.3 Å². The summed E-state index contributed by atoms with van der Waals surface area (Å²) in [4.78, 5) is 39.3. The summed E-state index contributed by atoms with van der Waals surface area (Å²) < 4.78 is 15.2. The van der Waals surface area contributed by atoms with E-state index in [9.17, 15) is 14.4 Å². The van der Waals surface area contributed by atoms with Crippen LogP contribution >= 0.6 is 0 Å². The van der Waals surface area contributed by atoms with Crippen LogP contribution in [-0.4, -0.2) is 61.6 Å². The molecule has 2 aliphatic heterocycles. The highest BCUT2D eigenvalue weighted by Crippen LogP contribution is 2.37. The lowest BCUT2D eigenvalue weighted by Gasteiger charge is -2.29. The number of nitrogens with zero attached hydrogens (tertiary/aromatic N) is 2. The average molecular weight is 362 g/mol. The monoisotopic (exact) mass is 362 g/mol. The van der Waals surface area contributed by atoms with Crippen LogP contribution in [0.25, 0.3) is 0 Å². The molecule has 0 bridgehead atoms. The van der Waals surface area contributed by atoms with E-state index < -0.39 is 6.04 Å². The van der Waals surface area contributed by atoms with Crippen LogP contribution in [0.4, 0.5) is 4.79 Å². The van der Waals surface area contributed by atoms with Crippen molar-refractivity contribution in [2.75, 3.05) is 27.9 Å². The summed E-state index contributed by atoms with van der Waals surface area (Å²) in [6, 6.07) is 2.89. The second kappa shape index (κ2) is 7.23. The first-order valence-electron chi connectivity index (χ1n) is 8.42. The molecule has 0 spiro atoms. The zero-order valence-corrected chi connectivity index (χ0v) is 15.1. The molecule has 140 valence electrons. The van der Waals surface area contributed by atoms with Gasteiger partial charge in [0.05, 0.1) is 21.3 Å². The van der Waals surface area contributed by atoms with Gasteiger partial charge in [0.15, 0.2) is 11.5 Å². The molecule has 2 heterocycles. The fourth-order valence-electron chi connectivity index (χ4n) is 3.45. The van der Waals surface area contributed by atoms with E-state index in [4.69, 9.17) is 9.47 Å². The Morgan fingerprint density at radius 2 is 1.77 bits per heavy atom. The number of esters is 1. The van der Waals surface area contributed by atoms with Gasteiger partial charge in [0.1, 0.15) is 6.04 Å². The van der Waals surface area contributed by atoms with Crippen LogP contribution < -0.4 is 9.47 Å². The van der Waals surface area contributed by atoms with Crippen molar-refractivity contribution in [1.29, 1.82) is 0 Å². The summed E-state index contributed by atoms with van der Waals surface area (Å²) in [6.07, 6.45) is 1.000. The maximum Gasteiger partial charge on any atom is 0.327 e. The first kappa shape index (κ1) is 18.0. The normalized spacial score (nSPS) is 18.5. The van der Waals surface area contributed by atoms with Gasteiger partial charge >= 0.3 is 12.0 Å². The molecule has 0 N–H and O–H groups in total. The highest BCUT2D eigenvalue weighted by molar-refractivity contribution is 6.04. The fourth-order valence-corrected chi connectivity index (χ4v) is 3.45. The van der Waals surface area contributed by atoms with Crippen molar-refractivity contribution in [3.63, 3.8) is 0 Å². The highest BCUT2D eigenvalue weighted by atomic mass is 16.5. The molecule has 3 rings (SSSR count). The predicted octanol–water partition coefficient (Wildman–Crippen LogP) is 1.35. The highest BCUT2D eigenvalue weighted by Gasteiger charge is 2.47. The molecular weight excluding hydrogens is 340 g/mol. The van der Waals surface area contributed by atoms with Crippen LogP contribution in [0.5, 0.6) is 11.5 Å². The van der Waals surface area contributed by atoms with Gasteiger partial charge in [0, 0.05) is 25.9 Å². The van der Waals surface area contributed by atoms with Gasteiger partial charge < -0.3 is 19.1 Å². The number of imide groups is 1. The lowest BCUT2D eigenvalue weighted by molar-refractivity contribution is -0.141. The number of hydrogen-bond donors (Lipinski definition) is 0. The topological polar surface area (TPSA) is 85.4 Å². The minimum atomic E-state index is -0.508. The third-order valence-corrected chi connectivity index (χ3v) is 4.85. The molecule has 1 fully saturated rings. The number of fused-ring (bicyclic) bond motifs is 2. The van der Waals surface area contributed by atoms with Gasteiger partial charge in [-0.1, -0.05) is 0 Å². The van der Waals surface area contributed by atoms with Gasteiger partial charge in [-0.05, 0) is 29.7 Å². The molecule has 0 aliphatic carbocycles. The Bertz CT molecular complexity index is 696. The van der Waals surface area contributed by atoms with E-state index in [2.05, 4.69) is 4.74 Å². The van der Waals surface area contributed by atoms with E-state index in [0.29, 0.717) is 30.9 Å². The largest absolute Gasteiger partial charge is 0.493 e. The molecule has 1 atom stereocenters. The first-order valence-corrected chi connectivity index (χ1v) is 8.42. The molecule has 2 aliphatic rings. The van der Waals surface area contributed by atoms with Gasteiger partial charge in [0.25, 0.3) is 5.91 Å². The molecule has 8 heteroatoms. The zero-order chi connectivity index (χ0) is 18.8. The summed E-state index contributed by atoms with van der Waals surface area (Å²) in [5, 5.41) is 0. The molecule has 0 saturated carbocycles. The summed E-state index contributed by atoms with van der Waals surface area (Å²) in [5.41, 5.74) is 1.91. The van der Waals surface area contributed by atoms with E-state index in [1.54, 1.807) is 19.1 Å². The maximum atomic E-state index is 12.7. The van der Waals surface area contributed by atoms with Crippen LogP contribution in [0.1, 0.15) is 24.0 Å². The standard InChI is InChI=1S/C18H22N2O6/c1-24-14-8-11-7-13-17(22)19(6-4-5-16(21)26-3)18(23)20(13)10-12(11)9-15(14)25-2/h8-9,13H,4-7,10H2,1-3H3/t13-/m1/s1. The Morgan fingerprint density at radius 1 is 1.12 bits per heavy atom. The summed E-state index contributed by atoms with van der Waals surface area (Å²) >= 11 is 0. The first-order chi connectivity index (χ1) is 12.5. The second-order valence-electron chi connectivity index (χ2n) is 6.28. The molecule has 26 heavy (non-hydrogen) atoms. The lowest BCUT2D eigenvalue weighted by atomic mass is 9.94. The number of urea groups is 1. The SMILES string of the molecule is COC(=O)CCCN1C(=O)[C@H]2Cc3cc(OC)c(OC)cc3CN2C1=O. The Hall–Kier alpha value is -2.77. The van der Waals surface area contributed by atoms with Crippen molar-refractivity contribution in [2.24, 2.45) is 0 Å². The predicted molar refractivity (Wildman–Crippen MR) is 90.9 cm³/mol. The summed E-state index contributed by atoms with van der Waals surface area (Å²) in [7, 11) is 4.44. The number of hydrogen-bond acceptors (Lipinski definition) is 6. The van der Waals surface area contributed by atoms with Crippen LogP contribution in [0.3, 0.4) is 0 Å². The van der Waals surface area contributed by atoms with Crippen molar-refractivity contribution < 1.29 is 28.6 Å². The molecule has 0 aromatic heterocycles. The van der Waals surface area contributed by atoms with Crippen molar-refractivity contribution in [3.05, 3.63) is 23.3 Å². The number of ether oxygens (including phenoxy) is 3. The third kappa shape index (κ3) is 3.07. The maximum absolute atomic E-state index is 12.7. The molecule has 1 aromatic rings. The number of rotatable bonds is 6. The summed E-state index contributed by atoms with van der Waals surface area (Å²) in [5.74, 6) is 0.623. The quantitative estimate of drug-likeness (QED) is 0.561. The third-order valence-electron chi connectivity index (χ3n) is 4.85. The van der Waals surface area contributed by atoms with Gasteiger partial charge in [-0.15, -0.1) is 0 Å². The van der Waals surface area contributed by atoms with Crippen LogP contribution in [0.2, 0.25) is 0 Å². The molecular formula is C18H22N2O6. The number of methoxy groups -OCH3 is 3. The number of carbonyl (C=O) groups excluding carboxylic acids is 3. The molecule has 0 unspecified atom stereocenters. The fraction of sp³-hybridized carbons (Fsp3) is 0.500. The van der Waals surface area contributed by atoms with Gasteiger partial charge in [0.2, 0.25) is 0 Å². The smallest absolute Gasteiger partial charge is 0.327 e. The van der Waals surface area contributed by atoms with E-state index in [0.717, 1.165) is 11.1 Å². The summed E-state index contributed by atoms with van der Waals surface area (Å²) in [6.45, 7) is 0.557. The van der Waals surface area contributed by atoms with Crippen molar-refractivity contribution in [1.82, 2.24) is 9.80 Å². The van der Waals surface area contributed by atoms with E-state index in [1.165, 1.54) is 12.0 Å². The van der Waals surface area contributed by atoms with E-state index in [1.807, 2.05) is 12.1 Å². The minimum absolute atomic E-state index is 0.173.